The fourth-order valence-electron chi connectivity index (χ4n) is 1.50. The Bertz CT molecular complexity index is 519. The largest absolute Gasteiger partial charge is 0.479 e. The number of carboxylic acids is 1. The highest BCUT2D eigenvalue weighted by Gasteiger charge is 2.12. The summed E-state index contributed by atoms with van der Waals surface area (Å²) in [4.78, 5) is 10.6. The first-order valence-electron chi connectivity index (χ1n) is 5.05. The van der Waals surface area contributed by atoms with Crippen LogP contribution in [0.15, 0.2) is 42.5 Å². The Balaban J connectivity index is 2.29. The molecule has 0 aliphatic rings. The lowest BCUT2D eigenvalue weighted by atomic mass is 10.1. The molecule has 0 aliphatic carbocycles. The van der Waals surface area contributed by atoms with E-state index in [1.165, 1.54) is 6.92 Å². The van der Waals surface area contributed by atoms with Crippen molar-refractivity contribution in [3.05, 3.63) is 42.5 Å². The maximum atomic E-state index is 10.6. The van der Waals surface area contributed by atoms with Gasteiger partial charge in [-0.15, -0.1) is 0 Å². The quantitative estimate of drug-likeness (QED) is 0.858. The van der Waals surface area contributed by atoms with Gasteiger partial charge in [-0.25, -0.2) is 4.79 Å². The average molecular weight is 216 g/mol. The summed E-state index contributed by atoms with van der Waals surface area (Å²) in [5.41, 5.74) is 0. The third-order valence-electron chi connectivity index (χ3n) is 2.38. The van der Waals surface area contributed by atoms with Gasteiger partial charge in [-0.1, -0.05) is 30.3 Å². The first kappa shape index (κ1) is 10.5. The van der Waals surface area contributed by atoms with Gasteiger partial charge in [-0.3, -0.25) is 0 Å². The van der Waals surface area contributed by atoms with E-state index < -0.39 is 12.1 Å². The molecule has 0 aliphatic heterocycles. The van der Waals surface area contributed by atoms with Gasteiger partial charge in [0.05, 0.1) is 0 Å². The second kappa shape index (κ2) is 4.23. The minimum absolute atomic E-state index is 0.577. The second-order valence-corrected chi connectivity index (χ2v) is 3.61. The highest BCUT2D eigenvalue weighted by atomic mass is 16.5. The molecule has 0 heterocycles. The molecular weight excluding hydrogens is 204 g/mol. The number of hydrogen-bond donors (Lipinski definition) is 1. The van der Waals surface area contributed by atoms with E-state index in [-0.39, 0.29) is 0 Å². The topological polar surface area (TPSA) is 46.5 Å². The summed E-state index contributed by atoms with van der Waals surface area (Å²) in [5, 5.41) is 10.9. The number of benzene rings is 2. The summed E-state index contributed by atoms with van der Waals surface area (Å²) >= 11 is 0. The standard InChI is InChI=1S/C13H12O3/c1-9(13(14)15)16-12-7-6-10-4-2-3-5-11(10)8-12/h2-9H,1H3,(H,14,15)/t9-/m1/s1. The van der Waals surface area contributed by atoms with Crippen molar-refractivity contribution in [3.8, 4) is 5.75 Å². The molecule has 16 heavy (non-hydrogen) atoms. The molecule has 0 aromatic heterocycles. The van der Waals surface area contributed by atoms with Gasteiger partial charge in [-0.05, 0) is 29.8 Å². The van der Waals surface area contributed by atoms with E-state index >= 15 is 0 Å². The van der Waals surface area contributed by atoms with Crippen molar-refractivity contribution in [2.24, 2.45) is 0 Å². The zero-order valence-corrected chi connectivity index (χ0v) is 8.88. The third kappa shape index (κ3) is 2.14. The molecule has 2 rings (SSSR count). The van der Waals surface area contributed by atoms with E-state index in [0.29, 0.717) is 5.75 Å². The van der Waals surface area contributed by atoms with Gasteiger partial charge in [0.25, 0.3) is 0 Å². The number of hydrogen-bond acceptors (Lipinski definition) is 2. The molecule has 2 aromatic rings. The molecule has 0 radical (unpaired) electrons. The predicted molar refractivity (Wildman–Crippen MR) is 61.7 cm³/mol. The Kier molecular flexibility index (Phi) is 2.77. The van der Waals surface area contributed by atoms with Crippen LogP contribution >= 0.6 is 0 Å². The van der Waals surface area contributed by atoms with Gasteiger partial charge < -0.3 is 9.84 Å². The molecule has 82 valence electrons. The first-order chi connectivity index (χ1) is 7.66. The van der Waals surface area contributed by atoms with Crippen LogP contribution in [0, 0.1) is 0 Å². The Labute approximate surface area is 93.3 Å². The first-order valence-corrected chi connectivity index (χ1v) is 5.05. The minimum atomic E-state index is -0.965. The summed E-state index contributed by atoms with van der Waals surface area (Å²) in [7, 11) is 0. The number of carboxylic acid groups (broad SMARTS) is 1. The Morgan fingerprint density at radius 2 is 1.88 bits per heavy atom. The van der Waals surface area contributed by atoms with Crippen LogP contribution in [0.25, 0.3) is 10.8 Å². The van der Waals surface area contributed by atoms with E-state index in [4.69, 9.17) is 9.84 Å². The molecule has 1 atom stereocenters. The van der Waals surface area contributed by atoms with E-state index in [2.05, 4.69) is 0 Å². The Hall–Kier alpha value is -2.03. The number of rotatable bonds is 3. The smallest absolute Gasteiger partial charge is 0.344 e. The van der Waals surface area contributed by atoms with Crippen molar-refractivity contribution >= 4 is 16.7 Å². The van der Waals surface area contributed by atoms with Gasteiger partial charge in [0.2, 0.25) is 0 Å². The number of carbonyl (C=O) groups is 1. The van der Waals surface area contributed by atoms with Crippen LogP contribution in [0.3, 0.4) is 0 Å². The maximum Gasteiger partial charge on any atom is 0.344 e. The lowest BCUT2D eigenvalue weighted by Gasteiger charge is -2.10. The zero-order valence-electron chi connectivity index (χ0n) is 8.88. The molecule has 3 heteroatoms. The lowest BCUT2D eigenvalue weighted by Crippen LogP contribution is -2.22. The fraction of sp³-hybridized carbons (Fsp3) is 0.154. The zero-order chi connectivity index (χ0) is 11.5. The van der Waals surface area contributed by atoms with Crippen LogP contribution in [-0.2, 0) is 4.79 Å². The van der Waals surface area contributed by atoms with Gasteiger partial charge in [0.15, 0.2) is 6.10 Å². The summed E-state index contributed by atoms with van der Waals surface area (Å²) < 4.78 is 5.28. The fourth-order valence-corrected chi connectivity index (χ4v) is 1.50. The molecule has 0 amide bonds. The average Bonchev–Trinajstić information content (AvgIpc) is 2.28. The normalized spacial score (nSPS) is 12.3. The SMILES string of the molecule is C[C@@H](Oc1ccc2ccccc2c1)C(=O)O. The Morgan fingerprint density at radius 3 is 2.56 bits per heavy atom. The Morgan fingerprint density at radius 1 is 1.19 bits per heavy atom. The maximum absolute atomic E-state index is 10.6. The van der Waals surface area contributed by atoms with Crippen molar-refractivity contribution < 1.29 is 14.6 Å². The molecular formula is C13H12O3. The van der Waals surface area contributed by atoms with E-state index in [1.54, 1.807) is 6.07 Å². The van der Waals surface area contributed by atoms with E-state index in [9.17, 15) is 4.79 Å². The van der Waals surface area contributed by atoms with Crippen LogP contribution in [0.1, 0.15) is 6.92 Å². The molecule has 1 N–H and O–H groups in total. The third-order valence-corrected chi connectivity index (χ3v) is 2.38. The molecule has 0 spiro atoms. The highest BCUT2D eigenvalue weighted by molar-refractivity contribution is 5.83. The van der Waals surface area contributed by atoms with Crippen molar-refractivity contribution in [2.75, 3.05) is 0 Å². The predicted octanol–water partition coefficient (Wildman–Crippen LogP) is 2.69. The van der Waals surface area contributed by atoms with Crippen molar-refractivity contribution in [1.29, 1.82) is 0 Å². The molecule has 2 aromatic carbocycles. The molecule has 0 unspecified atom stereocenters. The van der Waals surface area contributed by atoms with E-state index in [1.807, 2.05) is 36.4 Å². The van der Waals surface area contributed by atoms with Crippen molar-refractivity contribution in [1.82, 2.24) is 0 Å². The summed E-state index contributed by atoms with van der Waals surface area (Å²) in [6.07, 6.45) is -0.832. The monoisotopic (exact) mass is 216 g/mol. The minimum Gasteiger partial charge on any atom is -0.479 e. The van der Waals surface area contributed by atoms with Gasteiger partial charge in [0.1, 0.15) is 5.75 Å². The van der Waals surface area contributed by atoms with Gasteiger partial charge in [0, 0.05) is 0 Å². The lowest BCUT2D eigenvalue weighted by molar-refractivity contribution is -0.144. The summed E-state index contributed by atoms with van der Waals surface area (Å²) in [6.45, 7) is 1.51. The number of ether oxygens (including phenoxy) is 1. The highest BCUT2D eigenvalue weighted by Crippen LogP contribution is 2.21. The van der Waals surface area contributed by atoms with E-state index in [0.717, 1.165) is 10.8 Å². The molecule has 0 fully saturated rings. The van der Waals surface area contributed by atoms with Gasteiger partial charge >= 0.3 is 5.97 Å². The van der Waals surface area contributed by atoms with Gasteiger partial charge in [-0.2, -0.15) is 0 Å². The van der Waals surface area contributed by atoms with Crippen molar-refractivity contribution in [3.63, 3.8) is 0 Å². The number of aliphatic carboxylic acids is 1. The van der Waals surface area contributed by atoms with Crippen molar-refractivity contribution in [2.45, 2.75) is 13.0 Å². The van der Waals surface area contributed by atoms with Crippen LogP contribution in [0.5, 0.6) is 5.75 Å². The summed E-state index contributed by atoms with van der Waals surface area (Å²) in [5.74, 6) is -0.387. The molecule has 0 bridgehead atoms. The molecule has 3 nitrogen and oxygen atoms in total. The van der Waals surface area contributed by atoms with Crippen LogP contribution in [0.2, 0.25) is 0 Å². The summed E-state index contributed by atoms with van der Waals surface area (Å²) in [6, 6.07) is 13.4. The van der Waals surface area contributed by atoms with Crippen LogP contribution < -0.4 is 4.74 Å². The molecule has 0 saturated carbocycles. The number of fused-ring (bicyclic) bond motifs is 1. The molecule has 0 saturated heterocycles. The van der Waals surface area contributed by atoms with Crippen LogP contribution in [-0.4, -0.2) is 17.2 Å². The second-order valence-electron chi connectivity index (χ2n) is 3.61. The van der Waals surface area contributed by atoms with Crippen LogP contribution in [0.4, 0.5) is 0 Å².